The molecule has 0 saturated heterocycles. The first-order valence-corrected chi connectivity index (χ1v) is 4.99. The molecule has 0 fully saturated rings. The summed E-state index contributed by atoms with van der Waals surface area (Å²) < 4.78 is 0. The fourth-order valence-corrected chi connectivity index (χ4v) is 1.32. The van der Waals surface area contributed by atoms with Crippen LogP contribution in [0, 0.1) is 6.42 Å². The largest absolute Gasteiger partial charge is 0.330 e. The lowest BCUT2D eigenvalue weighted by Crippen LogP contribution is -1.98. The van der Waals surface area contributed by atoms with Crippen molar-refractivity contribution in [1.29, 1.82) is 0 Å². The van der Waals surface area contributed by atoms with Crippen molar-refractivity contribution in [3.63, 3.8) is 0 Å². The molecule has 1 rings (SSSR count). The highest BCUT2D eigenvalue weighted by atomic mass is 14.5. The zero-order valence-corrected chi connectivity index (χ0v) is 8.08. The molecule has 0 spiro atoms. The summed E-state index contributed by atoms with van der Waals surface area (Å²) in [6, 6.07) is 10.6. The second-order valence-electron chi connectivity index (χ2n) is 3.26. The minimum absolute atomic E-state index is 0.819. The first-order valence-electron chi connectivity index (χ1n) is 4.99. The fourth-order valence-electron chi connectivity index (χ4n) is 1.32. The van der Waals surface area contributed by atoms with Crippen LogP contribution in [0.3, 0.4) is 0 Å². The quantitative estimate of drug-likeness (QED) is 0.662. The van der Waals surface area contributed by atoms with Crippen LogP contribution in [0.1, 0.15) is 24.8 Å². The summed E-state index contributed by atoms with van der Waals surface area (Å²) >= 11 is 0. The van der Waals surface area contributed by atoms with Crippen molar-refractivity contribution in [3.8, 4) is 0 Å². The van der Waals surface area contributed by atoms with Crippen LogP contribution in [0.4, 0.5) is 0 Å². The number of benzene rings is 1. The van der Waals surface area contributed by atoms with Gasteiger partial charge in [0.1, 0.15) is 0 Å². The van der Waals surface area contributed by atoms with Crippen LogP contribution in [0.25, 0.3) is 0 Å². The van der Waals surface area contributed by atoms with Crippen LogP contribution < -0.4 is 5.73 Å². The topological polar surface area (TPSA) is 26.0 Å². The Morgan fingerprint density at radius 2 is 1.85 bits per heavy atom. The van der Waals surface area contributed by atoms with E-state index in [1.807, 2.05) is 0 Å². The number of hydrogen-bond acceptors (Lipinski definition) is 1. The van der Waals surface area contributed by atoms with Gasteiger partial charge in [-0.3, -0.25) is 0 Å². The maximum atomic E-state index is 5.41. The predicted octanol–water partition coefficient (Wildman–Crippen LogP) is 2.56. The van der Waals surface area contributed by atoms with Crippen LogP contribution in [0.15, 0.2) is 30.3 Å². The number of nitrogens with two attached hydrogens (primary N) is 1. The molecule has 0 aliphatic heterocycles. The van der Waals surface area contributed by atoms with E-state index in [9.17, 15) is 0 Å². The van der Waals surface area contributed by atoms with Crippen molar-refractivity contribution in [2.75, 3.05) is 6.54 Å². The minimum atomic E-state index is 0.819. The lowest BCUT2D eigenvalue weighted by molar-refractivity contribution is 0.726. The normalized spacial score (nSPS) is 10.2. The Morgan fingerprint density at radius 1 is 1.08 bits per heavy atom. The molecule has 0 bridgehead atoms. The zero-order valence-electron chi connectivity index (χ0n) is 8.08. The summed E-state index contributed by atoms with van der Waals surface area (Å²) in [6.07, 6.45) is 6.98. The molecular weight excluding hydrogens is 158 g/mol. The van der Waals surface area contributed by atoms with Gasteiger partial charge < -0.3 is 5.73 Å². The van der Waals surface area contributed by atoms with Crippen molar-refractivity contribution >= 4 is 0 Å². The summed E-state index contributed by atoms with van der Waals surface area (Å²) in [7, 11) is 0. The SMILES string of the molecule is NCCCC[CH]Cc1ccccc1. The zero-order chi connectivity index (χ0) is 9.36. The first kappa shape index (κ1) is 10.3. The average molecular weight is 176 g/mol. The van der Waals surface area contributed by atoms with Crippen LogP contribution >= 0.6 is 0 Å². The molecule has 2 N–H and O–H groups in total. The van der Waals surface area contributed by atoms with E-state index in [4.69, 9.17) is 5.73 Å². The molecule has 0 saturated carbocycles. The van der Waals surface area contributed by atoms with Crippen LogP contribution in [0.5, 0.6) is 0 Å². The van der Waals surface area contributed by atoms with Crippen molar-refractivity contribution in [2.45, 2.75) is 25.7 Å². The molecule has 0 amide bonds. The Labute approximate surface area is 81.0 Å². The molecular formula is C12H18N. The third kappa shape index (κ3) is 4.69. The van der Waals surface area contributed by atoms with Gasteiger partial charge in [0, 0.05) is 0 Å². The minimum Gasteiger partial charge on any atom is -0.330 e. The van der Waals surface area contributed by atoms with Gasteiger partial charge in [0.25, 0.3) is 0 Å². The van der Waals surface area contributed by atoms with Crippen LogP contribution in [0.2, 0.25) is 0 Å². The smallest absolute Gasteiger partial charge is 0.00773 e. The van der Waals surface area contributed by atoms with Crippen molar-refractivity contribution in [3.05, 3.63) is 42.3 Å². The molecule has 0 atom stereocenters. The number of rotatable bonds is 6. The highest BCUT2D eigenvalue weighted by Crippen LogP contribution is 2.05. The number of unbranched alkanes of at least 4 members (excludes halogenated alkanes) is 3. The van der Waals surface area contributed by atoms with Gasteiger partial charge in [0.05, 0.1) is 0 Å². The van der Waals surface area contributed by atoms with Gasteiger partial charge in [0.2, 0.25) is 0 Å². The molecule has 1 aromatic carbocycles. The highest BCUT2D eigenvalue weighted by molar-refractivity contribution is 5.16. The molecule has 1 heteroatoms. The van der Waals surface area contributed by atoms with E-state index in [-0.39, 0.29) is 0 Å². The Hall–Kier alpha value is -0.820. The van der Waals surface area contributed by atoms with Gasteiger partial charge in [-0.1, -0.05) is 36.8 Å². The maximum absolute atomic E-state index is 5.41. The van der Waals surface area contributed by atoms with E-state index in [1.54, 1.807) is 0 Å². The van der Waals surface area contributed by atoms with Gasteiger partial charge in [-0.25, -0.2) is 0 Å². The molecule has 0 unspecified atom stereocenters. The Balaban J connectivity index is 2.07. The van der Waals surface area contributed by atoms with Gasteiger partial charge in [-0.15, -0.1) is 0 Å². The molecule has 0 aromatic heterocycles. The number of hydrogen-bond donors (Lipinski definition) is 1. The van der Waals surface area contributed by atoms with E-state index >= 15 is 0 Å². The lowest BCUT2D eigenvalue weighted by atomic mass is 10.1. The molecule has 71 valence electrons. The van der Waals surface area contributed by atoms with Gasteiger partial charge in [-0.05, 0) is 37.8 Å². The standard InChI is InChI=1S/C12H18N/c13-11-7-2-1-4-8-12-9-5-3-6-10-12/h3-6,9-10H,1-2,7-8,11,13H2. The first-order chi connectivity index (χ1) is 6.43. The Morgan fingerprint density at radius 3 is 2.54 bits per heavy atom. The predicted molar refractivity (Wildman–Crippen MR) is 57.4 cm³/mol. The summed E-state index contributed by atoms with van der Waals surface area (Å²) in [5.41, 5.74) is 6.81. The van der Waals surface area contributed by atoms with E-state index in [1.165, 1.54) is 18.4 Å². The molecule has 0 aliphatic carbocycles. The Bertz CT molecular complexity index is 206. The van der Waals surface area contributed by atoms with E-state index in [2.05, 4.69) is 36.8 Å². The summed E-state index contributed by atoms with van der Waals surface area (Å²) in [4.78, 5) is 0. The molecule has 1 radical (unpaired) electrons. The lowest BCUT2D eigenvalue weighted by Gasteiger charge is -2.00. The monoisotopic (exact) mass is 176 g/mol. The summed E-state index contributed by atoms with van der Waals surface area (Å²) in [5, 5.41) is 0. The van der Waals surface area contributed by atoms with Gasteiger partial charge in [-0.2, -0.15) is 0 Å². The van der Waals surface area contributed by atoms with E-state index in [0.717, 1.165) is 19.4 Å². The molecule has 0 heterocycles. The summed E-state index contributed by atoms with van der Waals surface area (Å²) in [5.74, 6) is 0. The van der Waals surface area contributed by atoms with Crippen LogP contribution in [-0.2, 0) is 6.42 Å². The third-order valence-corrected chi connectivity index (χ3v) is 2.09. The van der Waals surface area contributed by atoms with E-state index in [0.29, 0.717) is 0 Å². The van der Waals surface area contributed by atoms with Crippen molar-refractivity contribution < 1.29 is 0 Å². The molecule has 1 nitrogen and oxygen atoms in total. The van der Waals surface area contributed by atoms with Crippen molar-refractivity contribution in [2.24, 2.45) is 5.73 Å². The average Bonchev–Trinajstić information content (AvgIpc) is 2.19. The van der Waals surface area contributed by atoms with Crippen molar-refractivity contribution in [1.82, 2.24) is 0 Å². The second-order valence-corrected chi connectivity index (χ2v) is 3.26. The molecule has 0 aliphatic rings. The molecule has 13 heavy (non-hydrogen) atoms. The van der Waals surface area contributed by atoms with Crippen LogP contribution in [-0.4, -0.2) is 6.54 Å². The molecule has 1 aromatic rings. The van der Waals surface area contributed by atoms with Gasteiger partial charge >= 0.3 is 0 Å². The summed E-state index contributed by atoms with van der Waals surface area (Å²) in [6.45, 7) is 0.819. The fraction of sp³-hybridized carbons (Fsp3) is 0.417. The van der Waals surface area contributed by atoms with Gasteiger partial charge in [0.15, 0.2) is 0 Å². The maximum Gasteiger partial charge on any atom is -0.00773 e. The van der Waals surface area contributed by atoms with E-state index < -0.39 is 0 Å². The second kappa shape index (κ2) is 6.67. The third-order valence-electron chi connectivity index (χ3n) is 2.09. The Kier molecular flexibility index (Phi) is 5.27. The highest BCUT2D eigenvalue weighted by Gasteiger charge is 1.92.